The Morgan fingerprint density at radius 3 is 2.48 bits per heavy atom. The van der Waals surface area contributed by atoms with Crippen LogP contribution in [-0.4, -0.2) is 56.6 Å². The molecule has 116 valence electrons. The molecule has 0 aliphatic carbocycles. The van der Waals surface area contributed by atoms with Gasteiger partial charge in [0.1, 0.15) is 0 Å². The van der Waals surface area contributed by atoms with E-state index in [-0.39, 0.29) is 5.75 Å². The zero-order valence-electron chi connectivity index (χ0n) is 13.0. The fourth-order valence-corrected chi connectivity index (χ4v) is 3.14. The molecular formula is C15H23N3O2S. The lowest BCUT2D eigenvalue weighted by Crippen LogP contribution is -2.26. The third kappa shape index (κ3) is 3.84. The van der Waals surface area contributed by atoms with Crippen molar-refractivity contribution in [2.45, 2.75) is 13.0 Å². The first-order chi connectivity index (χ1) is 9.79. The maximum atomic E-state index is 11.8. The molecule has 0 saturated heterocycles. The van der Waals surface area contributed by atoms with E-state index in [0.29, 0.717) is 6.42 Å². The second-order valence-electron chi connectivity index (χ2n) is 5.78. The van der Waals surface area contributed by atoms with Crippen LogP contribution in [0.15, 0.2) is 24.4 Å². The minimum absolute atomic E-state index is 0.138. The first-order valence-corrected chi connectivity index (χ1v) is 8.54. The van der Waals surface area contributed by atoms with Crippen molar-refractivity contribution in [2.75, 3.05) is 33.9 Å². The Hall–Kier alpha value is -1.37. The third-order valence-electron chi connectivity index (χ3n) is 3.52. The van der Waals surface area contributed by atoms with Crippen LogP contribution in [0.1, 0.15) is 11.1 Å². The summed E-state index contributed by atoms with van der Waals surface area (Å²) in [5.41, 5.74) is 3.37. The second kappa shape index (κ2) is 6.17. The Balaban J connectivity index is 2.22. The summed E-state index contributed by atoms with van der Waals surface area (Å²) in [5, 5.41) is 1.17. The smallest absolute Gasteiger partial charge is 0.213 e. The van der Waals surface area contributed by atoms with Crippen LogP contribution in [0.4, 0.5) is 0 Å². The lowest BCUT2D eigenvalue weighted by Gasteiger charge is -2.11. The highest BCUT2D eigenvalue weighted by Crippen LogP contribution is 2.21. The molecule has 0 radical (unpaired) electrons. The van der Waals surface area contributed by atoms with Gasteiger partial charge in [-0.2, -0.15) is 0 Å². The molecule has 2 aromatic rings. The van der Waals surface area contributed by atoms with Gasteiger partial charge in [0.25, 0.3) is 0 Å². The molecule has 0 saturated carbocycles. The van der Waals surface area contributed by atoms with Crippen molar-refractivity contribution in [3.05, 3.63) is 35.5 Å². The van der Waals surface area contributed by atoms with Gasteiger partial charge >= 0.3 is 0 Å². The SMILES string of the molecule is CN(C)Cc1c[nH]c2ccc(CCS(=O)(=O)N(C)C)cc12. The van der Waals surface area contributed by atoms with Crippen molar-refractivity contribution in [1.82, 2.24) is 14.2 Å². The van der Waals surface area contributed by atoms with E-state index in [4.69, 9.17) is 0 Å². The van der Waals surface area contributed by atoms with E-state index in [1.807, 2.05) is 32.4 Å². The van der Waals surface area contributed by atoms with Crippen molar-refractivity contribution >= 4 is 20.9 Å². The van der Waals surface area contributed by atoms with E-state index in [1.54, 1.807) is 14.1 Å². The van der Waals surface area contributed by atoms with E-state index in [2.05, 4.69) is 16.0 Å². The Labute approximate surface area is 126 Å². The predicted octanol–water partition coefficient (Wildman–Crippen LogP) is 1.66. The normalized spacial score (nSPS) is 12.7. The first kappa shape index (κ1) is 16.0. The first-order valence-electron chi connectivity index (χ1n) is 6.93. The van der Waals surface area contributed by atoms with Crippen LogP contribution in [0, 0.1) is 0 Å². The molecular weight excluding hydrogens is 286 g/mol. The monoisotopic (exact) mass is 309 g/mol. The average Bonchev–Trinajstić information content (AvgIpc) is 2.78. The standard InChI is InChI=1S/C15H23N3O2S/c1-17(2)11-13-10-16-15-6-5-12(9-14(13)15)7-8-21(19,20)18(3)4/h5-6,9-10,16H,7-8,11H2,1-4H3. The van der Waals surface area contributed by atoms with E-state index < -0.39 is 10.0 Å². The molecule has 5 nitrogen and oxygen atoms in total. The van der Waals surface area contributed by atoms with Crippen LogP contribution in [-0.2, 0) is 23.0 Å². The van der Waals surface area contributed by atoms with Gasteiger partial charge in [0, 0.05) is 37.7 Å². The van der Waals surface area contributed by atoms with Crippen LogP contribution in [0.5, 0.6) is 0 Å². The van der Waals surface area contributed by atoms with Gasteiger partial charge < -0.3 is 9.88 Å². The van der Waals surface area contributed by atoms with Crippen LogP contribution in [0.2, 0.25) is 0 Å². The molecule has 0 bridgehead atoms. The number of hydrogen-bond acceptors (Lipinski definition) is 3. The third-order valence-corrected chi connectivity index (χ3v) is 5.36. The Morgan fingerprint density at radius 2 is 1.86 bits per heavy atom. The van der Waals surface area contributed by atoms with Crippen molar-refractivity contribution in [3.8, 4) is 0 Å². The summed E-state index contributed by atoms with van der Waals surface area (Å²) >= 11 is 0. The maximum Gasteiger partial charge on any atom is 0.213 e. The predicted molar refractivity (Wildman–Crippen MR) is 86.9 cm³/mol. The number of H-pyrrole nitrogens is 1. The fourth-order valence-electron chi connectivity index (χ4n) is 2.28. The summed E-state index contributed by atoms with van der Waals surface area (Å²) in [7, 11) is 4.06. The molecule has 1 N–H and O–H groups in total. The molecule has 1 aromatic carbocycles. The minimum atomic E-state index is -3.15. The molecule has 0 atom stereocenters. The van der Waals surface area contributed by atoms with Gasteiger partial charge in [0.2, 0.25) is 10.0 Å². The highest BCUT2D eigenvalue weighted by atomic mass is 32.2. The second-order valence-corrected chi connectivity index (χ2v) is 8.08. The van der Waals surface area contributed by atoms with E-state index >= 15 is 0 Å². The van der Waals surface area contributed by atoms with Gasteiger partial charge in [-0.05, 0) is 43.8 Å². The van der Waals surface area contributed by atoms with Crippen molar-refractivity contribution < 1.29 is 8.42 Å². The van der Waals surface area contributed by atoms with Gasteiger partial charge in [-0.1, -0.05) is 6.07 Å². The molecule has 0 fully saturated rings. The number of sulfonamides is 1. The number of aromatic nitrogens is 1. The fraction of sp³-hybridized carbons (Fsp3) is 0.467. The Kier molecular flexibility index (Phi) is 4.70. The number of fused-ring (bicyclic) bond motifs is 1. The van der Waals surface area contributed by atoms with Gasteiger partial charge in [0.15, 0.2) is 0 Å². The van der Waals surface area contributed by atoms with Crippen LogP contribution in [0.3, 0.4) is 0 Å². The molecule has 1 aromatic heterocycles. The van der Waals surface area contributed by atoms with Crippen LogP contribution in [0.25, 0.3) is 10.9 Å². The van der Waals surface area contributed by atoms with E-state index in [1.165, 1.54) is 15.3 Å². The number of aryl methyl sites for hydroxylation is 1. The van der Waals surface area contributed by atoms with Gasteiger partial charge in [-0.25, -0.2) is 12.7 Å². The topological polar surface area (TPSA) is 56.4 Å². The molecule has 2 rings (SSSR count). The molecule has 1 heterocycles. The lowest BCUT2D eigenvalue weighted by molar-refractivity contribution is 0.404. The Bertz CT molecular complexity index is 718. The maximum absolute atomic E-state index is 11.8. The number of nitrogens with one attached hydrogen (secondary N) is 1. The molecule has 0 aliphatic rings. The Morgan fingerprint density at radius 1 is 1.14 bits per heavy atom. The molecule has 0 amide bonds. The summed E-state index contributed by atoms with van der Waals surface area (Å²) < 4.78 is 25.0. The lowest BCUT2D eigenvalue weighted by atomic mass is 10.1. The van der Waals surface area contributed by atoms with Crippen molar-refractivity contribution in [2.24, 2.45) is 0 Å². The summed E-state index contributed by atoms with van der Waals surface area (Å²) in [6.07, 6.45) is 2.55. The number of nitrogens with zero attached hydrogens (tertiary/aromatic N) is 2. The van der Waals surface area contributed by atoms with Crippen molar-refractivity contribution in [1.29, 1.82) is 0 Å². The quantitative estimate of drug-likeness (QED) is 0.883. The summed E-state index contributed by atoms with van der Waals surface area (Å²) in [6.45, 7) is 0.861. The number of rotatable bonds is 6. The molecule has 0 spiro atoms. The summed E-state index contributed by atoms with van der Waals surface area (Å²) in [4.78, 5) is 5.38. The number of hydrogen-bond donors (Lipinski definition) is 1. The highest BCUT2D eigenvalue weighted by Gasteiger charge is 2.14. The molecule has 0 aliphatic heterocycles. The molecule has 0 unspecified atom stereocenters. The largest absolute Gasteiger partial charge is 0.361 e. The average molecular weight is 309 g/mol. The summed E-state index contributed by atoms with van der Waals surface area (Å²) in [5.74, 6) is 0.138. The van der Waals surface area contributed by atoms with Crippen molar-refractivity contribution in [3.63, 3.8) is 0 Å². The van der Waals surface area contributed by atoms with Crippen LogP contribution >= 0.6 is 0 Å². The number of benzene rings is 1. The molecule has 21 heavy (non-hydrogen) atoms. The zero-order valence-corrected chi connectivity index (χ0v) is 13.9. The highest BCUT2D eigenvalue weighted by molar-refractivity contribution is 7.89. The molecule has 6 heteroatoms. The van der Waals surface area contributed by atoms with Crippen LogP contribution < -0.4 is 0 Å². The van der Waals surface area contributed by atoms with E-state index in [9.17, 15) is 8.42 Å². The van der Waals surface area contributed by atoms with Gasteiger partial charge in [0.05, 0.1) is 5.75 Å². The minimum Gasteiger partial charge on any atom is -0.361 e. The van der Waals surface area contributed by atoms with Gasteiger partial charge in [-0.15, -0.1) is 0 Å². The van der Waals surface area contributed by atoms with E-state index in [0.717, 1.165) is 17.6 Å². The number of aromatic amines is 1. The summed E-state index contributed by atoms with van der Waals surface area (Å²) in [6, 6.07) is 6.10. The zero-order chi connectivity index (χ0) is 15.6. The van der Waals surface area contributed by atoms with Gasteiger partial charge in [-0.3, -0.25) is 0 Å².